The van der Waals surface area contributed by atoms with Crippen LogP contribution in [0.3, 0.4) is 0 Å². The Hall–Kier alpha value is -2.29. The number of fused-ring (bicyclic) bond motifs is 1. The molecular formula is C18H23F3N2O4. The van der Waals surface area contributed by atoms with E-state index in [2.05, 4.69) is 17.0 Å². The van der Waals surface area contributed by atoms with Crippen molar-refractivity contribution in [1.82, 2.24) is 9.80 Å². The maximum atomic E-state index is 11.8. The zero-order valence-electron chi connectivity index (χ0n) is 15.2. The average molecular weight is 388 g/mol. The van der Waals surface area contributed by atoms with Gasteiger partial charge in [-0.15, -0.1) is 0 Å². The van der Waals surface area contributed by atoms with Gasteiger partial charge >= 0.3 is 12.1 Å². The third kappa shape index (κ3) is 5.35. The largest absolute Gasteiger partial charge is 0.497 e. The number of likely N-dealkylation sites (N-methyl/N-ethyl adjacent to an activating group) is 1. The molecule has 2 aliphatic rings. The first-order valence-electron chi connectivity index (χ1n) is 8.56. The van der Waals surface area contributed by atoms with E-state index in [-0.39, 0.29) is 0 Å². The number of carbonyl (C=O) groups is 2. The van der Waals surface area contributed by atoms with E-state index in [1.54, 1.807) is 7.11 Å². The second-order valence-corrected chi connectivity index (χ2v) is 6.59. The summed E-state index contributed by atoms with van der Waals surface area (Å²) < 4.78 is 36.9. The number of carboxylic acids is 1. The molecule has 27 heavy (non-hydrogen) atoms. The Bertz CT molecular complexity index is 664. The van der Waals surface area contributed by atoms with Gasteiger partial charge in [0.1, 0.15) is 5.75 Å². The van der Waals surface area contributed by atoms with Gasteiger partial charge in [-0.1, -0.05) is 12.1 Å². The summed E-state index contributed by atoms with van der Waals surface area (Å²) in [5, 5.41) is 7.12. The summed E-state index contributed by atoms with van der Waals surface area (Å²) in [5.74, 6) is -1.55. The van der Waals surface area contributed by atoms with E-state index in [1.165, 1.54) is 5.56 Å². The van der Waals surface area contributed by atoms with Crippen LogP contribution in [-0.2, 0) is 16.1 Å². The number of benzene rings is 1. The van der Waals surface area contributed by atoms with Crippen molar-refractivity contribution in [1.29, 1.82) is 0 Å². The molecule has 150 valence electrons. The van der Waals surface area contributed by atoms with Crippen LogP contribution in [0.15, 0.2) is 24.3 Å². The number of piperidine rings is 1. The van der Waals surface area contributed by atoms with Crippen molar-refractivity contribution in [2.75, 3.05) is 20.7 Å². The summed E-state index contributed by atoms with van der Waals surface area (Å²) in [4.78, 5) is 25.1. The summed E-state index contributed by atoms with van der Waals surface area (Å²) in [6.07, 6.45) is -2.29. The standard InChI is InChI=1S/C16H22N2O2.C2HF3O2/c1-17-14-9-10-18(15(14)7-8-16(17)19)11-12-3-5-13(20-2)6-4-12;3-2(4,5)1(6)7/h3-6,14-15H,7-11H2,1-2H3;(H,6,7)/t14-,15-;/m1./s1. The molecule has 2 aliphatic heterocycles. The lowest BCUT2D eigenvalue weighted by Crippen LogP contribution is -2.50. The maximum absolute atomic E-state index is 11.8. The molecule has 0 aliphatic carbocycles. The first-order chi connectivity index (χ1) is 12.6. The van der Waals surface area contributed by atoms with Crippen LogP contribution in [0.2, 0.25) is 0 Å². The number of alkyl halides is 3. The van der Waals surface area contributed by atoms with Gasteiger partial charge in [0.15, 0.2) is 0 Å². The van der Waals surface area contributed by atoms with Gasteiger partial charge in [0.2, 0.25) is 5.91 Å². The first kappa shape index (κ1) is 21.0. The second kappa shape index (κ2) is 8.60. The highest BCUT2D eigenvalue weighted by Gasteiger charge is 2.41. The molecule has 0 radical (unpaired) electrons. The molecule has 1 aromatic rings. The van der Waals surface area contributed by atoms with Crippen LogP contribution in [0.25, 0.3) is 0 Å². The Kier molecular flexibility index (Phi) is 6.69. The Balaban J connectivity index is 0.000000321. The highest BCUT2D eigenvalue weighted by atomic mass is 19.4. The third-order valence-electron chi connectivity index (χ3n) is 4.96. The van der Waals surface area contributed by atoms with E-state index >= 15 is 0 Å². The zero-order chi connectivity index (χ0) is 20.2. The SMILES string of the molecule is COc1ccc(CN2CC[C@@H]3[C@H]2CCC(=O)N3C)cc1.O=C(O)C(F)(F)F. The molecule has 1 N–H and O–H groups in total. The molecule has 0 saturated carbocycles. The number of aliphatic carboxylic acids is 1. The van der Waals surface area contributed by atoms with E-state index in [0.717, 1.165) is 31.7 Å². The fraction of sp³-hybridized carbons (Fsp3) is 0.556. The third-order valence-corrected chi connectivity index (χ3v) is 4.96. The van der Waals surface area contributed by atoms with Crippen molar-refractivity contribution in [3.8, 4) is 5.75 Å². The minimum Gasteiger partial charge on any atom is -0.497 e. The Labute approximate surface area is 155 Å². The van der Waals surface area contributed by atoms with Crippen LogP contribution in [0, 0.1) is 0 Å². The van der Waals surface area contributed by atoms with Crippen molar-refractivity contribution in [3.63, 3.8) is 0 Å². The number of ether oxygens (including phenoxy) is 1. The van der Waals surface area contributed by atoms with Gasteiger partial charge < -0.3 is 14.7 Å². The minimum absolute atomic E-state index is 0.303. The minimum atomic E-state index is -5.08. The molecular weight excluding hydrogens is 365 g/mol. The van der Waals surface area contributed by atoms with Crippen molar-refractivity contribution in [2.24, 2.45) is 0 Å². The molecule has 2 atom stereocenters. The molecule has 0 bridgehead atoms. The predicted octanol–water partition coefficient (Wildman–Crippen LogP) is 2.52. The number of carbonyl (C=O) groups excluding carboxylic acids is 1. The number of hydrogen-bond donors (Lipinski definition) is 1. The normalized spacial score (nSPS) is 22.7. The fourth-order valence-electron chi connectivity index (χ4n) is 3.52. The Morgan fingerprint density at radius 2 is 1.81 bits per heavy atom. The highest BCUT2D eigenvalue weighted by Crippen LogP contribution is 2.31. The van der Waals surface area contributed by atoms with Crippen molar-refractivity contribution < 1.29 is 32.6 Å². The number of nitrogens with zero attached hydrogens (tertiary/aromatic N) is 2. The van der Waals surface area contributed by atoms with Crippen LogP contribution in [0.5, 0.6) is 5.75 Å². The number of likely N-dealkylation sites (tertiary alicyclic amines) is 2. The van der Waals surface area contributed by atoms with Crippen LogP contribution in [0.4, 0.5) is 13.2 Å². The van der Waals surface area contributed by atoms with Crippen LogP contribution in [-0.4, -0.2) is 65.7 Å². The summed E-state index contributed by atoms with van der Waals surface area (Å²) in [6.45, 7) is 2.05. The molecule has 0 spiro atoms. The lowest BCUT2D eigenvalue weighted by molar-refractivity contribution is -0.192. The van der Waals surface area contributed by atoms with Crippen molar-refractivity contribution in [2.45, 2.75) is 44.1 Å². The molecule has 2 saturated heterocycles. The first-order valence-corrected chi connectivity index (χ1v) is 8.56. The number of halogens is 3. The van der Waals surface area contributed by atoms with Gasteiger partial charge in [-0.3, -0.25) is 9.69 Å². The number of methoxy groups -OCH3 is 1. The van der Waals surface area contributed by atoms with Gasteiger partial charge in [0.25, 0.3) is 0 Å². The van der Waals surface area contributed by atoms with E-state index in [0.29, 0.717) is 24.4 Å². The van der Waals surface area contributed by atoms with E-state index in [4.69, 9.17) is 14.6 Å². The number of rotatable bonds is 3. The molecule has 0 aromatic heterocycles. The van der Waals surface area contributed by atoms with Gasteiger partial charge in [-0.05, 0) is 30.5 Å². The van der Waals surface area contributed by atoms with Gasteiger partial charge in [0.05, 0.1) is 7.11 Å². The van der Waals surface area contributed by atoms with E-state index in [9.17, 15) is 18.0 Å². The number of amides is 1. The van der Waals surface area contributed by atoms with Crippen LogP contribution >= 0.6 is 0 Å². The van der Waals surface area contributed by atoms with E-state index < -0.39 is 12.1 Å². The smallest absolute Gasteiger partial charge is 0.490 e. The van der Waals surface area contributed by atoms with Crippen molar-refractivity contribution >= 4 is 11.9 Å². The summed E-state index contributed by atoms with van der Waals surface area (Å²) in [7, 11) is 3.64. The topological polar surface area (TPSA) is 70.1 Å². The van der Waals surface area contributed by atoms with Crippen LogP contribution in [0.1, 0.15) is 24.8 Å². The molecule has 6 nitrogen and oxygen atoms in total. The Morgan fingerprint density at radius 3 is 2.33 bits per heavy atom. The molecule has 0 unspecified atom stereocenters. The monoisotopic (exact) mass is 388 g/mol. The van der Waals surface area contributed by atoms with E-state index in [1.807, 2.05) is 24.1 Å². The highest BCUT2D eigenvalue weighted by molar-refractivity contribution is 5.77. The molecule has 9 heteroatoms. The summed E-state index contributed by atoms with van der Waals surface area (Å²) >= 11 is 0. The number of carboxylic acid groups (broad SMARTS) is 1. The second-order valence-electron chi connectivity index (χ2n) is 6.59. The van der Waals surface area contributed by atoms with Gasteiger partial charge in [-0.2, -0.15) is 13.2 Å². The van der Waals surface area contributed by atoms with Crippen molar-refractivity contribution in [3.05, 3.63) is 29.8 Å². The quantitative estimate of drug-likeness (QED) is 0.862. The fourth-order valence-corrected chi connectivity index (χ4v) is 3.52. The Morgan fingerprint density at radius 1 is 1.22 bits per heavy atom. The zero-order valence-corrected chi connectivity index (χ0v) is 15.2. The van der Waals surface area contributed by atoms with Gasteiger partial charge in [-0.25, -0.2) is 4.79 Å². The summed E-state index contributed by atoms with van der Waals surface area (Å²) in [6, 6.07) is 9.22. The molecule has 2 heterocycles. The molecule has 3 rings (SSSR count). The predicted molar refractivity (Wildman–Crippen MR) is 91.3 cm³/mol. The molecule has 2 fully saturated rings. The molecule has 1 amide bonds. The van der Waals surface area contributed by atoms with Gasteiger partial charge in [0, 0.05) is 38.6 Å². The summed E-state index contributed by atoms with van der Waals surface area (Å²) in [5.41, 5.74) is 1.31. The molecule has 1 aromatic carbocycles. The maximum Gasteiger partial charge on any atom is 0.490 e. The average Bonchev–Trinajstić information content (AvgIpc) is 3.02. The lowest BCUT2D eigenvalue weighted by Gasteiger charge is -2.37. The lowest BCUT2D eigenvalue weighted by atomic mass is 9.97. The van der Waals surface area contributed by atoms with Crippen LogP contribution < -0.4 is 4.74 Å². The number of hydrogen-bond acceptors (Lipinski definition) is 4.